The Morgan fingerprint density at radius 3 is 1.13 bits per heavy atom. The van der Waals surface area contributed by atoms with E-state index in [0.717, 1.165) is 51.4 Å². The lowest BCUT2D eigenvalue weighted by atomic mass is 9.99. The third-order valence-corrected chi connectivity index (χ3v) is 15.9. The number of amides is 1. The van der Waals surface area contributed by atoms with Crippen LogP contribution in [0.3, 0.4) is 0 Å². The maximum absolute atomic E-state index is 13.1. The summed E-state index contributed by atoms with van der Waals surface area (Å²) in [5.74, 6) is -0.175. The monoisotopic (exact) mass is 1090 g/mol. The summed E-state index contributed by atoms with van der Waals surface area (Å²) >= 11 is 0. The molecule has 7 unspecified atom stereocenters. The molecule has 1 saturated heterocycles. The van der Waals surface area contributed by atoms with Crippen LogP contribution in [0.1, 0.15) is 322 Å². The van der Waals surface area contributed by atoms with E-state index in [0.29, 0.717) is 6.42 Å². The van der Waals surface area contributed by atoms with Crippen LogP contribution in [-0.2, 0) is 14.3 Å². The number of aliphatic hydroxyl groups excluding tert-OH is 5. The van der Waals surface area contributed by atoms with E-state index in [1.165, 1.54) is 250 Å². The fourth-order valence-electron chi connectivity index (χ4n) is 10.6. The zero-order valence-corrected chi connectivity index (χ0v) is 50.5. The average Bonchev–Trinajstić information content (AvgIpc) is 3.43. The number of carbonyl (C=O) groups is 1. The Morgan fingerprint density at radius 1 is 0.442 bits per heavy atom. The molecule has 452 valence electrons. The van der Waals surface area contributed by atoms with Crippen molar-refractivity contribution in [3.63, 3.8) is 0 Å². The molecule has 1 aliphatic rings. The quantitative estimate of drug-likeness (QED) is 0.0261. The predicted molar refractivity (Wildman–Crippen MR) is 327 cm³/mol. The minimum atomic E-state index is -1.57. The molecule has 0 bridgehead atoms. The lowest BCUT2D eigenvalue weighted by Gasteiger charge is -2.40. The second kappa shape index (κ2) is 57.4. The first kappa shape index (κ1) is 73.2. The number of aliphatic hydroxyl groups is 5. The lowest BCUT2D eigenvalue weighted by Crippen LogP contribution is -2.60. The Hall–Kier alpha value is -1.85. The van der Waals surface area contributed by atoms with Gasteiger partial charge in [-0.1, -0.05) is 306 Å². The van der Waals surface area contributed by atoms with Gasteiger partial charge in [0.25, 0.3) is 0 Å². The maximum atomic E-state index is 13.1. The summed E-state index contributed by atoms with van der Waals surface area (Å²) in [6.07, 6.45) is 70.5. The van der Waals surface area contributed by atoms with Gasteiger partial charge in [0, 0.05) is 6.42 Å². The van der Waals surface area contributed by atoms with Gasteiger partial charge in [-0.2, -0.15) is 0 Å². The topological polar surface area (TPSA) is 149 Å². The number of ether oxygens (including phenoxy) is 2. The smallest absolute Gasteiger partial charge is 0.220 e. The van der Waals surface area contributed by atoms with Crippen molar-refractivity contribution in [3.05, 3.63) is 48.6 Å². The summed E-state index contributed by atoms with van der Waals surface area (Å²) in [6, 6.07) is -0.809. The molecule has 77 heavy (non-hydrogen) atoms. The Morgan fingerprint density at radius 2 is 0.766 bits per heavy atom. The molecule has 1 heterocycles. The number of allylic oxidation sites excluding steroid dienone is 7. The fraction of sp³-hybridized carbons (Fsp3) is 0.868. The first-order chi connectivity index (χ1) is 37.8. The van der Waals surface area contributed by atoms with Gasteiger partial charge >= 0.3 is 0 Å². The first-order valence-electron chi connectivity index (χ1n) is 33.4. The van der Waals surface area contributed by atoms with Gasteiger partial charge in [-0.25, -0.2) is 0 Å². The second-order valence-corrected chi connectivity index (χ2v) is 23.3. The van der Waals surface area contributed by atoms with E-state index in [1.807, 2.05) is 6.08 Å². The summed E-state index contributed by atoms with van der Waals surface area (Å²) < 4.78 is 11.3. The molecule has 1 amide bonds. The molecule has 9 nitrogen and oxygen atoms in total. The summed E-state index contributed by atoms with van der Waals surface area (Å²) in [5, 5.41) is 54.7. The van der Waals surface area contributed by atoms with Crippen LogP contribution in [-0.4, -0.2) is 87.5 Å². The number of carbonyl (C=O) groups excluding carboxylic acids is 1. The third kappa shape index (κ3) is 46.5. The lowest BCUT2D eigenvalue weighted by molar-refractivity contribution is -0.302. The number of unbranched alkanes of at least 4 members (excludes halogenated alkanes) is 42. The van der Waals surface area contributed by atoms with Crippen LogP contribution in [0.15, 0.2) is 48.6 Å². The molecule has 0 aromatic heterocycles. The van der Waals surface area contributed by atoms with Gasteiger partial charge in [0.05, 0.1) is 25.4 Å². The van der Waals surface area contributed by atoms with Crippen molar-refractivity contribution in [2.24, 2.45) is 0 Å². The minimum absolute atomic E-state index is 0.175. The molecule has 1 rings (SSSR count). The number of nitrogens with one attached hydrogen (secondary N) is 1. The molecule has 0 aromatic rings. The van der Waals surface area contributed by atoms with Crippen LogP contribution < -0.4 is 5.32 Å². The van der Waals surface area contributed by atoms with Crippen molar-refractivity contribution in [3.8, 4) is 0 Å². The van der Waals surface area contributed by atoms with Crippen LogP contribution in [0.25, 0.3) is 0 Å². The highest BCUT2D eigenvalue weighted by Crippen LogP contribution is 2.23. The average molecular weight is 1090 g/mol. The molecule has 0 aliphatic carbocycles. The van der Waals surface area contributed by atoms with E-state index in [-0.39, 0.29) is 12.5 Å². The molecule has 9 heteroatoms. The van der Waals surface area contributed by atoms with Crippen molar-refractivity contribution >= 4 is 5.91 Å². The van der Waals surface area contributed by atoms with Crippen molar-refractivity contribution < 1.29 is 39.8 Å². The fourth-order valence-corrected chi connectivity index (χ4v) is 10.6. The Balaban J connectivity index is 2.17. The van der Waals surface area contributed by atoms with E-state index >= 15 is 0 Å². The van der Waals surface area contributed by atoms with Gasteiger partial charge in [0.2, 0.25) is 5.91 Å². The van der Waals surface area contributed by atoms with Gasteiger partial charge in [-0.15, -0.1) is 0 Å². The molecule has 1 aliphatic heterocycles. The van der Waals surface area contributed by atoms with E-state index in [1.54, 1.807) is 6.08 Å². The van der Waals surface area contributed by atoms with Crippen molar-refractivity contribution in [1.29, 1.82) is 0 Å². The third-order valence-electron chi connectivity index (χ3n) is 15.9. The summed E-state index contributed by atoms with van der Waals surface area (Å²) in [6.45, 7) is 3.81. The highest BCUT2D eigenvalue weighted by molar-refractivity contribution is 5.76. The van der Waals surface area contributed by atoms with Gasteiger partial charge in [0.15, 0.2) is 6.29 Å². The molecular weight excluding hydrogens is 959 g/mol. The van der Waals surface area contributed by atoms with E-state index in [4.69, 9.17) is 9.47 Å². The van der Waals surface area contributed by atoms with Gasteiger partial charge in [0.1, 0.15) is 24.4 Å². The summed E-state index contributed by atoms with van der Waals surface area (Å²) in [5.41, 5.74) is 0. The summed E-state index contributed by atoms with van der Waals surface area (Å²) in [4.78, 5) is 13.1. The molecule has 0 spiro atoms. The van der Waals surface area contributed by atoms with Gasteiger partial charge < -0.3 is 40.3 Å². The molecule has 6 N–H and O–H groups in total. The van der Waals surface area contributed by atoms with Crippen molar-refractivity contribution in [2.45, 2.75) is 365 Å². The second-order valence-electron chi connectivity index (χ2n) is 23.3. The summed E-state index contributed by atoms with van der Waals surface area (Å²) in [7, 11) is 0. The van der Waals surface area contributed by atoms with Crippen LogP contribution >= 0.6 is 0 Å². The SMILES string of the molecule is CCCCCCC/C=C\C/C=C\C/C=C\CCCCCCCCCCCCCCC(=O)NC(COC1OC(CO)C(O)C(O)C1O)C(O)/C=C/CCCCCCCCCCCCCCCCCCCCCCCCCCC. The number of rotatable bonds is 58. The predicted octanol–water partition coefficient (Wildman–Crippen LogP) is 17.6. The number of hydrogen-bond acceptors (Lipinski definition) is 8. The Kier molecular flexibility index (Phi) is 54.5. The van der Waals surface area contributed by atoms with Crippen molar-refractivity contribution in [1.82, 2.24) is 5.32 Å². The molecule has 0 aromatic carbocycles. The zero-order chi connectivity index (χ0) is 55.8. The normalized spacial score (nSPS) is 19.0. The Labute approximate surface area is 475 Å². The van der Waals surface area contributed by atoms with E-state index in [2.05, 4.69) is 55.6 Å². The Bertz CT molecular complexity index is 1350. The first-order valence-corrected chi connectivity index (χ1v) is 33.4. The molecular formula is C68H127NO8. The van der Waals surface area contributed by atoms with E-state index in [9.17, 15) is 30.3 Å². The standard InChI is InChI=1S/C68H127NO8/c1-3-5-7-9-11-13-15-17-19-21-23-25-27-29-31-33-35-37-39-41-43-45-47-49-51-53-55-57-62(71)61(60-76-68-67(75)66(74)65(73)63(59-70)77-68)69-64(72)58-56-54-52-50-48-46-44-42-40-38-36-34-32-30-28-26-24-22-20-18-16-14-12-10-8-6-4-2/h16,18,22,24,28,30,55,57,61-63,65-68,70-71,73-75H,3-15,17,19-21,23,25-27,29,31-54,56,58-60H2,1-2H3,(H,69,72)/b18-16-,24-22-,30-28-,57-55+. The van der Waals surface area contributed by atoms with Crippen LogP contribution in [0.5, 0.6) is 0 Å². The largest absolute Gasteiger partial charge is 0.394 e. The van der Waals surface area contributed by atoms with Crippen molar-refractivity contribution in [2.75, 3.05) is 13.2 Å². The highest BCUT2D eigenvalue weighted by atomic mass is 16.7. The van der Waals surface area contributed by atoms with Crippen LogP contribution in [0.4, 0.5) is 0 Å². The van der Waals surface area contributed by atoms with Gasteiger partial charge in [-0.3, -0.25) is 4.79 Å². The minimum Gasteiger partial charge on any atom is -0.394 e. The molecule has 7 atom stereocenters. The molecule has 0 radical (unpaired) electrons. The molecule has 0 saturated carbocycles. The zero-order valence-electron chi connectivity index (χ0n) is 50.5. The number of hydrogen-bond donors (Lipinski definition) is 6. The highest BCUT2D eigenvalue weighted by Gasteiger charge is 2.44. The van der Waals surface area contributed by atoms with Crippen LogP contribution in [0, 0.1) is 0 Å². The maximum Gasteiger partial charge on any atom is 0.220 e. The van der Waals surface area contributed by atoms with Crippen LogP contribution in [0.2, 0.25) is 0 Å². The van der Waals surface area contributed by atoms with Gasteiger partial charge in [-0.05, 0) is 57.8 Å². The molecule has 1 fully saturated rings. The van der Waals surface area contributed by atoms with E-state index < -0.39 is 49.5 Å².